The first-order valence-electron chi connectivity index (χ1n) is 9.57. The first kappa shape index (κ1) is 21.6. The molecule has 0 fully saturated rings. The number of nitrogens with zero attached hydrogens (tertiary/aromatic N) is 1. The van der Waals surface area contributed by atoms with Gasteiger partial charge in [0.2, 0.25) is 7.38 Å². The summed E-state index contributed by atoms with van der Waals surface area (Å²) >= 11 is 14.1. The smallest absolute Gasteiger partial charge is 0.324 e. The Bertz CT molecular complexity index is 604. The summed E-state index contributed by atoms with van der Waals surface area (Å²) in [5, 5.41) is 2.56. The van der Waals surface area contributed by atoms with Crippen molar-refractivity contribution in [2.24, 2.45) is 0 Å². The molecule has 0 spiro atoms. The molecule has 2 aromatic rings. The standard InChI is InChI=1S/C21H30BCl2NSi/c1-18(2)25(19(3)4)22(23)16-11-17-26(24,20-12-7-5-8-13-20)21-14-9-6-10-15-21/h5-10,12-15,18-19H,11,16-17H2,1-4H3. The lowest BCUT2D eigenvalue weighted by Gasteiger charge is -2.33. The van der Waals surface area contributed by atoms with Crippen molar-refractivity contribution in [3.63, 3.8) is 0 Å². The maximum Gasteiger partial charge on any atom is 0.331 e. The van der Waals surface area contributed by atoms with Crippen LogP contribution in [0.3, 0.4) is 0 Å². The predicted octanol–water partition coefficient (Wildman–Crippen LogP) is 5.22. The van der Waals surface area contributed by atoms with Gasteiger partial charge < -0.3 is 4.81 Å². The number of hydrogen-bond acceptors (Lipinski definition) is 1. The highest BCUT2D eigenvalue weighted by Gasteiger charge is 2.36. The highest BCUT2D eigenvalue weighted by atomic mass is 35.6. The van der Waals surface area contributed by atoms with Gasteiger partial charge in [0, 0.05) is 0 Å². The molecule has 0 aromatic heterocycles. The van der Waals surface area contributed by atoms with Gasteiger partial charge in [0.1, 0.15) is 0 Å². The predicted molar refractivity (Wildman–Crippen MR) is 122 cm³/mol. The van der Waals surface area contributed by atoms with Crippen molar-refractivity contribution in [3.05, 3.63) is 60.7 Å². The number of hydrogen-bond donors (Lipinski definition) is 0. The minimum atomic E-state index is -2.26. The number of benzene rings is 2. The second-order valence-corrected chi connectivity index (χ2v) is 13.2. The van der Waals surface area contributed by atoms with Gasteiger partial charge in [-0.3, -0.25) is 0 Å². The Morgan fingerprint density at radius 1 is 0.846 bits per heavy atom. The van der Waals surface area contributed by atoms with Gasteiger partial charge >= 0.3 is 6.26 Å². The molecule has 2 rings (SSSR count). The first-order chi connectivity index (χ1) is 12.4. The van der Waals surface area contributed by atoms with E-state index in [9.17, 15) is 0 Å². The molecule has 2 aromatic carbocycles. The van der Waals surface area contributed by atoms with Crippen molar-refractivity contribution in [2.75, 3.05) is 0 Å². The summed E-state index contributed by atoms with van der Waals surface area (Å²) in [6, 6.07) is 23.1. The third-order valence-electron chi connectivity index (χ3n) is 4.94. The molecule has 0 N–H and O–H groups in total. The number of rotatable bonds is 9. The summed E-state index contributed by atoms with van der Waals surface area (Å²) in [7, 11) is -2.26. The molecular formula is C21H30BCl2NSi. The molecular weight excluding hydrogens is 376 g/mol. The van der Waals surface area contributed by atoms with Crippen LogP contribution in [0.4, 0.5) is 0 Å². The summed E-state index contributed by atoms with van der Waals surface area (Å²) in [4.78, 5) is 2.38. The molecule has 0 atom stereocenters. The summed E-state index contributed by atoms with van der Waals surface area (Å²) < 4.78 is 0. The van der Waals surface area contributed by atoms with Crippen LogP contribution in [-0.2, 0) is 0 Å². The SMILES string of the molecule is CC(C)N(B(Cl)CCC[Si](Cl)(c1ccccc1)c1ccccc1)C(C)C. The topological polar surface area (TPSA) is 3.24 Å². The van der Waals surface area contributed by atoms with Crippen LogP contribution in [0.5, 0.6) is 0 Å². The van der Waals surface area contributed by atoms with E-state index < -0.39 is 7.38 Å². The molecule has 0 unspecified atom stereocenters. The Morgan fingerprint density at radius 2 is 1.27 bits per heavy atom. The Hall–Kier alpha value is -0.738. The lowest BCUT2D eigenvalue weighted by atomic mass is 9.79. The summed E-state index contributed by atoms with van der Waals surface area (Å²) in [5.74, 6) is 0. The van der Waals surface area contributed by atoms with Crippen LogP contribution in [0.2, 0.25) is 12.4 Å². The summed E-state index contributed by atoms with van der Waals surface area (Å²) in [5.41, 5.74) is 0. The van der Waals surface area contributed by atoms with Gasteiger partial charge in [0.15, 0.2) is 0 Å². The lowest BCUT2D eigenvalue weighted by molar-refractivity contribution is 0.308. The van der Waals surface area contributed by atoms with E-state index in [1.54, 1.807) is 0 Å². The highest BCUT2D eigenvalue weighted by molar-refractivity contribution is 7.34. The van der Waals surface area contributed by atoms with E-state index in [4.69, 9.17) is 22.5 Å². The Labute approximate surface area is 170 Å². The van der Waals surface area contributed by atoms with Crippen molar-refractivity contribution in [1.29, 1.82) is 0 Å². The molecule has 0 heterocycles. The van der Waals surface area contributed by atoms with Crippen LogP contribution >= 0.6 is 22.5 Å². The van der Waals surface area contributed by atoms with E-state index in [0.717, 1.165) is 18.8 Å². The van der Waals surface area contributed by atoms with E-state index in [1.807, 2.05) is 0 Å². The summed E-state index contributed by atoms with van der Waals surface area (Å²) in [6.45, 7) is 8.85. The Kier molecular flexibility index (Phi) is 8.28. The normalized spacial score (nSPS) is 12.2. The molecule has 26 heavy (non-hydrogen) atoms. The zero-order valence-electron chi connectivity index (χ0n) is 16.3. The minimum absolute atomic E-state index is 0.0523. The van der Waals surface area contributed by atoms with E-state index in [1.165, 1.54) is 10.4 Å². The van der Waals surface area contributed by atoms with Gasteiger partial charge in [-0.25, -0.2) is 0 Å². The Morgan fingerprint density at radius 3 is 1.65 bits per heavy atom. The molecule has 0 saturated heterocycles. The largest absolute Gasteiger partial charge is 0.331 e. The molecule has 0 aliphatic rings. The van der Waals surface area contributed by atoms with Crippen molar-refractivity contribution >= 4 is 46.6 Å². The quantitative estimate of drug-likeness (QED) is 0.408. The Balaban J connectivity index is 2.14. The third kappa shape index (κ3) is 5.39. The van der Waals surface area contributed by atoms with Crippen molar-refractivity contribution in [1.82, 2.24) is 4.81 Å². The molecule has 5 heteroatoms. The zero-order valence-corrected chi connectivity index (χ0v) is 18.8. The minimum Gasteiger partial charge on any atom is -0.324 e. The van der Waals surface area contributed by atoms with Crippen LogP contribution in [0.25, 0.3) is 0 Å². The molecule has 0 bridgehead atoms. The maximum atomic E-state index is 7.36. The monoisotopic (exact) mass is 405 g/mol. The van der Waals surface area contributed by atoms with E-state index in [0.29, 0.717) is 12.1 Å². The highest BCUT2D eigenvalue weighted by Crippen LogP contribution is 2.23. The third-order valence-corrected chi connectivity index (χ3v) is 10.8. The maximum absolute atomic E-state index is 7.36. The molecule has 1 nitrogen and oxygen atoms in total. The van der Waals surface area contributed by atoms with Gasteiger partial charge in [-0.05, 0) is 34.8 Å². The van der Waals surface area contributed by atoms with Gasteiger partial charge in [0.25, 0.3) is 0 Å². The fraction of sp³-hybridized carbons (Fsp3) is 0.429. The van der Waals surface area contributed by atoms with Crippen LogP contribution in [0, 0.1) is 0 Å². The van der Waals surface area contributed by atoms with Crippen molar-refractivity contribution < 1.29 is 0 Å². The fourth-order valence-electron chi connectivity index (χ4n) is 3.77. The second kappa shape index (κ2) is 9.98. The van der Waals surface area contributed by atoms with Gasteiger partial charge in [-0.15, -0.1) is 0 Å². The van der Waals surface area contributed by atoms with Crippen LogP contribution in [0.1, 0.15) is 34.1 Å². The molecule has 0 radical (unpaired) electrons. The summed E-state index contributed by atoms with van der Waals surface area (Å²) in [6.07, 6.45) is 2.04. The van der Waals surface area contributed by atoms with Crippen LogP contribution < -0.4 is 10.4 Å². The van der Waals surface area contributed by atoms with Gasteiger partial charge in [-0.1, -0.05) is 94.8 Å². The number of halogens is 2. The first-order valence-corrected chi connectivity index (χ1v) is 13.2. The van der Waals surface area contributed by atoms with Gasteiger partial charge in [0.05, 0.1) is 0 Å². The molecule has 0 amide bonds. The average Bonchev–Trinajstić information content (AvgIpc) is 2.62. The van der Waals surface area contributed by atoms with E-state index >= 15 is 0 Å². The molecule has 0 saturated carbocycles. The van der Waals surface area contributed by atoms with E-state index in [-0.39, 0.29) is 6.26 Å². The molecule has 0 aliphatic heterocycles. The fourth-order valence-corrected chi connectivity index (χ4v) is 8.57. The van der Waals surface area contributed by atoms with Gasteiger partial charge in [-0.2, -0.15) is 22.5 Å². The molecule has 0 aliphatic carbocycles. The molecule has 140 valence electrons. The second-order valence-electron chi connectivity index (χ2n) is 7.49. The van der Waals surface area contributed by atoms with Crippen LogP contribution in [0.15, 0.2) is 60.7 Å². The zero-order chi connectivity index (χ0) is 19.2. The van der Waals surface area contributed by atoms with E-state index in [2.05, 4.69) is 93.2 Å². The average molecular weight is 406 g/mol. The van der Waals surface area contributed by atoms with Crippen molar-refractivity contribution in [3.8, 4) is 0 Å². The van der Waals surface area contributed by atoms with Crippen molar-refractivity contribution in [2.45, 2.75) is 58.6 Å². The lowest BCUT2D eigenvalue weighted by Crippen LogP contribution is -2.53. The van der Waals surface area contributed by atoms with Crippen LogP contribution in [-0.4, -0.2) is 30.5 Å².